The second kappa shape index (κ2) is 12.7. The molecule has 154 valence electrons. The number of halogens is 2. The van der Waals surface area contributed by atoms with Gasteiger partial charge in [0.15, 0.2) is 5.96 Å². The van der Waals surface area contributed by atoms with E-state index in [0.29, 0.717) is 35.4 Å². The number of nitrogens with one attached hydrogen (secondary N) is 2. The van der Waals surface area contributed by atoms with Gasteiger partial charge in [0.05, 0.1) is 26.9 Å². The first kappa shape index (κ1) is 24.3. The van der Waals surface area contributed by atoms with Crippen LogP contribution in [0.5, 0.6) is 11.5 Å². The van der Waals surface area contributed by atoms with E-state index in [9.17, 15) is 5.11 Å². The molecule has 0 spiro atoms. The van der Waals surface area contributed by atoms with Crippen LogP contribution in [0.2, 0.25) is 5.02 Å². The predicted molar refractivity (Wildman–Crippen MR) is 124 cm³/mol. The first-order valence-corrected chi connectivity index (χ1v) is 9.12. The van der Waals surface area contributed by atoms with Crippen molar-refractivity contribution in [1.82, 2.24) is 10.6 Å². The first-order valence-electron chi connectivity index (χ1n) is 8.74. The maximum atomic E-state index is 10.4. The van der Waals surface area contributed by atoms with Crippen molar-refractivity contribution < 1.29 is 14.6 Å². The smallest absolute Gasteiger partial charge is 0.191 e. The predicted octanol–water partition coefficient (Wildman–Crippen LogP) is 3.76. The zero-order chi connectivity index (χ0) is 19.6. The van der Waals surface area contributed by atoms with Crippen molar-refractivity contribution >= 4 is 41.5 Å². The van der Waals surface area contributed by atoms with E-state index in [1.165, 1.54) is 0 Å². The standard InChI is InChI=1S/C20H26ClN3O3.HI/c1-4-22-20(24-13-18(25)16-7-5-6-8-17(16)21)23-12-14-9-10-15(26-2)11-19(14)27-3;/h5-11,18,25H,4,12-13H2,1-3H3,(H2,22,23,24);1H. The van der Waals surface area contributed by atoms with Crippen LogP contribution in [0.1, 0.15) is 24.2 Å². The molecular formula is C20H27ClIN3O3. The summed E-state index contributed by atoms with van der Waals surface area (Å²) in [5, 5.41) is 17.2. The molecule has 0 fully saturated rings. The summed E-state index contributed by atoms with van der Waals surface area (Å²) in [6.45, 7) is 3.39. The third-order valence-corrected chi connectivity index (χ3v) is 4.32. The Morgan fingerprint density at radius 2 is 1.89 bits per heavy atom. The number of nitrogens with zero attached hydrogens (tertiary/aromatic N) is 1. The van der Waals surface area contributed by atoms with Gasteiger partial charge in [-0.15, -0.1) is 24.0 Å². The molecule has 3 N–H and O–H groups in total. The Balaban J connectivity index is 0.00000392. The fourth-order valence-corrected chi connectivity index (χ4v) is 2.80. The maximum Gasteiger partial charge on any atom is 0.191 e. The van der Waals surface area contributed by atoms with Crippen molar-refractivity contribution in [1.29, 1.82) is 0 Å². The van der Waals surface area contributed by atoms with Crippen LogP contribution < -0.4 is 20.1 Å². The molecule has 2 rings (SSSR count). The second-order valence-corrected chi connectivity index (χ2v) is 6.20. The van der Waals surface area contributed by atoms with Crippen molar-refractivity contribution in [2.45, 2.75) is 19.6 Å². The summed E-state index contributed by atoms with van der Waals surface area (Å²) in [4.78, 5) is 4.57. The van der Waals surface area contributed by atoms with Crippen LogP contribution in [0.4, 0.5) is 0 Å². The van der Waals surface area contributed by atoms with Crippen LogP contribution in [0, 0.1) is 0 Å². The highest BCUT2D eigenvalue weighted by molar-refractivity contribution is 14.0. The van der Waals surface area contributed by atoms with Crippen molar-refractivity contribution in [3.63, 3.8) is 0 Å². The van der Waals surface area contributed by atoms with Gasteiger partial charge in [-0.25, -0.2) is 4.99 Å². The van der Waals surface area contributed by atoms with Crippen LogP contribution >= 0.6 is 35.6 Å². The molecule has 0 bridgehead atoms. The summed E-state index contributed by atoms with van der Waals surface area (Å²) < 4.78 is 10.6. The summed E-state index contributed by atoms with van der Waals surface area (Å²) in [7, 11) is 3.23. The van der Waals surface area contributed by atoms with Crippen LogP contribution in [0.15, 0.2) is 47.5 Å². The number of ether oxygens (including phenoxy) is 2. The third-order valence-electron chi connectivity index (χ3n) is 3.97. The van der Waals surface area contributed by atoms with Crippen molar-refractivity contribution in [3.05, 3.63) is 58.6 Å². The number of aliphatic hydroxyl groups is 1. The van der Waals surface area contributed by atoms with Gasteiger partial charge < -0.3 is 25.2 Å². The molecule has 0 aromatic heterocycles. The van der Waals surface area contributed by atoms with E-state index in [2.05, 4.69) is 15.6 Å². The maximum absolute atomic E-state index is 10.4. The molecule has 0 amide bonds. The van der Waals surface area contributed by atoms with E-state index in [1.807, 2.05) is 37.3 Å². The molecular weight excluding hydrogens is 493 g/mol. The normalized spacial score (nSPS) is 12.0. The molecule has 0 aliphatic rings. The number of hydrogen-bond acceptors (Lipinski definition) is 4. The first-order chi connectivity index (χ1) is 13.1. The number of guanidine groups is 1. The highest BCUT2D eigenvalue weighted by atomic mass is 127. The lowest BCUT2D eigenvalue weighted by Crippen LogP contribution is -2.39. The second-order valence-electron chi connectivity index (χ2n) is 5.79. The molecule has 28 heavy (non-hydrogen) atoms. The summed E-state index contributed by atoms with van der Waals surface area (Å²) in [6, 6.07) is 12.9. The van der Waals surface area contributed by atoms with Gasteiger partial charge in [-0.1, -0.05) is 29.8 Å². The highest BCUT2D eigenvalue weighted by Crippen LogP contribution is 2.25. The lowest BCUT2D eigenvalue weighted by molar-refractivity contribution is 0.181. The number of hydrogen-bond donors (Lipinski definition) is 3. The van der Waals surface area contributed by atoms with E-state index < -0.39 is 6.10 Å². The molecule has 6 nitrogen and oxygen atoms in total. The zero-order valence-electron chi connectivity index (χ0n) is 16.2. The third kappa shape index (κ3) is 7.03. The van der Waals surface area contributed by atoms with E-state index >= 15 is 0 Å². The minimum Gasteiger partial charge on any atom is -0.497 e. The quantitative estimate of drug-likeness (QED) is 0.281. The Morgan fingerprint density at radius 3 is 2.54 bits per heavy atom. The molecule has 0 aliphatic heterocycles. The lowest BCUT2D eigenvalue weighted by atomic mass is 10.1. The van der Waals surface area contributed by atoms with E-state index in [4.69, 9.17) is 21.1 Å². The largest absolute Gasteiger partial charge is 0.497 e. The fraction of sp³-hybridized carbons (Fsp3) is 0.350. The molecule has 0 radical (unpaired) electrons. The van der Waals surface area contributed by atoms with Gasteiger partial charge in [-0.05, 0) is 25.1 Å². The molecule has 1 unspecified atom stereocenters. The summed E-state index contributed by atoms with van der Waals surface area (Å²) in [5.74, 6) is 2.04. The van der Waals surface area contributed by atoms with Crippen molar-refractivity contribution in [2.75, 3.05) is 27.3 Å². The average molecular weight is 520 g/mol. The van der Waals surface area contributed by atoms with Gasteiger partial charge in [-0.3, -0.25) is 0 Å². The van der Waals surface area contributed by atoms with Crippen molar-refractivity contribution in [2.24, 2.45) is 4.99 Å². The van der Waals surface area contributed by atoms with E-state index in [0.717, 1.165) is 11.3 Å². The van der Waals surface area contributed by atoms with Gasteiger partial charge in [0.2, 0.25) is 0 Å². The van der Waals surface area contributed by atoms with Crippen LogP contribution in [0.3, 0.4) is 0 Å². The summed E-state index contributed by atoms with van der Waals surface area (Å²) >= 11 is 6.14. The SMILES string of the molecule is CCNC(=NCc1ccc(OC)cc1OC)NCC(O)c1ccccc1Cl.I. The minimum atomic E-state index is -0.738. The topological polar surface area (TPSA) is 75.1 Å². The van der Waals surface area contributed by atoms with Crippen LogP contribution in [-0.2, 0) is 6.54 Å². The number of aliphatic imine (C=N–C) groups is 1. The highest BCUT2D eigenvalue weighted by Gasteiger charge is 2.12. The molecule has 0 saturated carbocycles. The average Bonchev–Trinajstić information content (AvgIpc) is 2.70. The number of aliphatic hydroxyl groups excluding tert-OH is 1. The lowest BCUT2D eigenvalue weighted by Gasteiger charge is -2.16. The van der Waals surface area contributed by atoms with E-state index in [1.54, 1.807) is 26.4 Å². The number of methoxy groups -OCH3 is 2. The van der Waals surface area contributed by atoms with Crippen LogP contribution in [-0.4, -0.2) is 38.4 Å². The number of rotatable bonds is 8. The summed E-state index contributed by atoms with van der Waals surface area (Å²) in [5.41, 5.74) is 1.61. The van der Waals surface area contributed by atoms with Gasteiger partial charge >= 0.3 is 0 Å². The van der Waals surface area contributed by atoms with Gasteiger partial charge in [0.25, 0.3) is 0 Å². The minimum absolute atomic E-state index is 0. The summed E-state index contributed by atoms with van der Waals surface area (Å²) in [6.07, 6.45) is -0.738. The van der Waals surface area contributed by atoms with Gasteiger partial charge in [-0.2, -0.15) is 0 Å². The molecule has 8 heteroatoms. The molecule has 0 heterocycles. The Kier molecular flexibility index (Phi) is 11.0. The molecule has 2 aromatic carbocycles. The Hall–Kier alpha value is -1.71. The number of benzene rings is 2. The zero-order valence-corrected chi connectivity index (χ0v) is 19.3. The Morgan fingerprint density at radius 1 is 1.14 bits per heavy atom. The molecule has 1 atom stereocenters. The molecule has 0 aliphatic carbocycles. The Labute approximate surface area is 188 Å². The van der Waals surface area contributed by atoms with Gasteiger partial charge in [0, 0.05) is 35.3 Å². The van der Waals surface area contributed by atoms with Crippen LogP contribution in [0.25, 0.3) is 0 Å². The molecule has 0 saturated heterocycles. The monoisotopic (exact) mass is 519 g/mol. The molecule has 2 aromatic rings. The van der Waals surface area contributed by atoms with Crippen molar-refractivity contribution in [3.8, 4) is 11.5 Å². The van der Waals surface area contributed by atoms with Gasteiger partial charge in [0.1, 0.15) is 11.5 Å². The fourth-order valence-electron chi connectivity index (χ4n) is 2.54. The Bertz CT molecular complexity index is 774. The van der Waals surface area contributed by atoms with E-state index in [-0.39, 0.29) is 30.5 Å².